The number of carbonyl (C=O) groups excluding carboxylic acids is 1. The number of rotatable bonds is 7. The maximum atomic E-state index is 13.1. The molecule has 1 amide bonds. The summed E-state index contributed by atoms with van der Waals surface area (Å²) in [5, 5.41) is 7.66. The number of hydrogen-bond acceptors (Lipinski definition) is 4. The number of amides is 1. The first-order valence-corrected chi connectivity index (χ1v) is 9.97. The van der Waals surface area contributed by atoms with Crippen LogP contribution in [0.1, 0.15) is 21.9 Å². The quantitative estimate of drug-likeness (QED) is 0.379. The molecule has 0 unspecified atom stereocenters. The third-order valence-corrected chi connectivity index (χ3v) is 4.77. The van der Waals surface area contributed by atoms with Crippen molar-refractivity contribution >= 4 is 34.8 Å². The van der Waals surface area contributed by atoms with Crippen LogP contribution in [0.25, 0.3) is 0 Å². The summed E-state index contributed by atoms with van der Waals surface area (Å²) in [6.07, 6.45) is 3.29. The smallest absolute Gasteiger partial charge is 0.291 e. The molecule has 0 spiro atoms. The number of carbonyl (C=O) groups is 1. The maximum absolute atomic E-state index is 13.1. The molecule has 1 N–H and O–H groups in total. The van der Waals surface area contributed by atoms with Gasteiger partial charge in [0.2, 0.25) is 0 Å². The SMILES string of the molecule is O=C(Nc1cccc(Cn2cc(Cl)cn2)c1)c1ccc(COc2ccc(F)cc2Cl)o1. The van der Waals surface area contributed by atoms with Gasteiger partial charge in [0.15, 0.2) is 5.76 Å². The van der Waals surface area contributed by atoms with Crippen LogP contribution in [0.4, 0.5) is 10.1 Å². The lowest BCUT2D eigenvalue weighted by molar-refractivity contribution is 0.0992. The monoisotopic (exact) mass is 459 g/mol. The molecule has 31 heavy (non-hydrogen) atoms. The molecule has 9 heteroatoms. The fourth-order valence-corrected chi connectivity index (χ4v) is 3.25. The molecule has 158 valence electrons. The van der Waals surface area contributed by atoms with E-state index in [2.05, 4.69) is 10.4 Å². The highest BCUT2D eigenvalue weighted by Gasteiger charge is 2.13. The van der Waals surface area contributed by atoms with Crippen molar-refractivity contribution in [2.24, 2.45) is 0 Å². The number of halogens is 3. The summed E-state index contributed by atoms with van der Waals surface area (Å²) in [6, 6.07) is 14.4. The van der Waals surface area contributed by atoms with Crippen LogP contribution in [0.5, 0.6) is 5.75 Å². The Morgan fingerprint density at radius 1 is 1.16 bits per heavy atom. The summed E-state index contributed by atoms with van der Waals surface area (Å²) in [5.74, 6) is 0.0285. The Morgan fingerprint density at radius 2 is 2.03 bits per heavy atom. The van der Waals surface area contributed by atoms with Crippen LogP contribution >= 0.6 is 23.2 Å². The Hall–Kier alpha value is -3.29. The van der Waals surface area contributed by atoms with Crippen LogP contribution in [0.3, 0.4) is 0 Å². The zero-order chi connectivity index (χ0) is 21.8. The van der Waals surface area contributed by atoms with Gasteiger partial charge in [-0.3, -0.25) is 9.48 Å². The van der Waals surface area contributed by atoms with Crippen molar-refractivity contribution in [3.63, 3.8) is 0 Å². The van der Waals surface area contributed by atoms with Gasteiger partial charge in [0, 0.05) is 11.9 Å². The average molecular weight is 460 g/mol. The van der Waals surface area contributed by atoms with E-state index in [1.54, 1.807) is 35.3 Å². The fraction of sp³-hybridized carbons (Fsp3) is 0.0909. The first-order valence-electron chi connectivity index (χ1n) is 9.21. The summed E-state index contributed by atoms with van der Waals surface area (Å²) >= 11 is 11.8. The molecule has 4 aromatic rings. The lowest BCUT2D eigenvalue weighted by atomic mass is 10.2. The first kappa shape index (κ1) is 21.0. The van der Waals surface area contributed by atoms with Crippen molar-refractivity contribution in [2.75, 3.05) is 5.32 Å². The highest BCUT2D eigenvalue weighted by atomic mass is 35.5. The summed E-state index contributed by atoms with van der Waals surface area (Å²) in [5.41, 5.74) is 1.57. The molecule has 2 aromatic carbocycles. The topological polar surface area (TPSA) is 69.3 Å². The van der Waals surface area contributed by atoms with Gasteiger partial charge >= 0.3 is 0 Å². The molecule has 2 heterocycles. The third kappa shape index (κ3) is 5.45. The Bertz CT molecular complexity index is 1220. The standard InChI is InChI=1S/C22H16Cl2FN3O3/c23-15-10-26-28(12-15)11-14-2-1-3-17(8-14)27-22(29)21-7-5-18(31-21)13-30-20-6-4-16(25)9-19(20)24/h1-10,12H,11,13H2,(H,27,29). The molecule has 4 rings (SSSR count). The second kappa shape index (κ2) is 9.24. The number of aromatic nitrogens is 2. The summed E-state index contributed by atoms with van der Waals surface area (Å²) < 4.78 is 25.9. The number of nitrogens with zero attached hydrogens (tertiary/aromatic N) is 2. The van der Waals surface area contributed by atoms with E-state index in [-0.39, 0.29) is 17.4 Å². The van der Waals surface area contributed by atoms with Gasteiger partial charge in [-0.1, -0.05) is 35.3 Å². The van der Waals surface area contributed by atoms with Crippen molar-refractivity contribution in [1.82, 2.24) is 9.78 Å². The molecule has 2 aromatic heterocycles. The van der Waals surface area contributed by atoms with Gasteiger partial charge in [0.25, 0.3) is 5.91 Å². The Kier molecular flexibility index (Phi) is 6.25. The summed E-state index contributed by atoms with van der Waals surface area (Å²) in [6.45, 7) is 0.561. The number of benzene rings is 2. The Morgan fingerprint density at radius 3 is 2.81 bits per heavy atom. The van der Waals surface area contributed by atoms with E-state index in [1.807, 2.05) is 18.2 Å². The van der Waals surface area contributed by atoms with E-state index in [0.29, 0.717) is 28.8 Å². The molecule has 0 bridgehead atoms. The molecule has 0 saturated heterocycles. The van der Waals surface area contributed by atoms with Crippen LogP contribution in [-0.2, 0) is 13.2 Å². The minimum absolute atomic E-state index is 0.0422. The van der Waals surface area contributed by atoms with Crippen molar-refractivity contribution < 1.29 is 18.3 Å². The van der Waals surface area contributed by atoms with Gasteiger partial charge < -0.3 is 14.5 Å². The van der Waals surface area contributed by atoms with E-state index in [1.165, 1.54) is 12.1 Å². The Labute approximate surface area is 187 Å². The number of hydrogen-bond donors (Lipinski definition) is 1. The van der Waals surface area contributed by atoms with Crippen LogP contribution in [-0.4, -0.2) is 15.7 Å². The van der Waals surface area contributed by atoms with Crippen molar-refractivity contribution in [3.8, 4) is 5.75 Å². The van der Waals surface area contributed by atoms with E-state index in [4.69, 9.17) is 32.4 Å². The average Bonchev–Trinajstić information content (AvgIpc) is 3.37. The van der Waals surface area contributed by atoms with Gasteiger partial charge in [-0.15, -0.1) is 0 Å². The van der Waals surface area contributed by atoms with Gasteiger partial charge in [0.05, 0.1) is 22.8 Å². The minimum atomic E-state index is -0.452. The van der Waals surface area contributed by atoms with E-state index in [9.17, 15) is 9.18 Å². The number of furan rings is 1. The van der Waals surface area contributed by atoms with E-state index >= 15 is 0 Å². The predicted molar refractivity (Wildman–Crippen MR) is 115 cm³/mol. The van der Waals surface area contributed by atoms with Crippen molar-refractivity contribution in [3.05, 3.63) is 99.9 Å². The number of nitrogens with one attached hydrogen (secondary N) is 1. The fourth-order valence-electron chi connectivity index (χ4n) is 2.87. The van der Waals surface area contributed by atoms with E-state index in [0.717, 1.165) is 11.6 Å². The number of ether oxygens (including phenoxy) is 1. The Balaban J connectivity index is 1.37. The first-order chi connectivity index (χ1) is 15.0. The maximum Gasteiger partial charge on any atom is 0.291 e. The zero-order valence-corrected chi connectivity index (χ0v) is 17.5. The predicted octanol–water partition coefficient (Wildman–Crippen LogP) is 5.80. The molecule has 0 atom stereocenters. The number of anilines is 1. The molecule has 0 radical (unpaired) electrons. The lowest BCUT2D eigenvalue weighted by Crippen LogP contribution is -2.11. The van der Waals surface area contributed by atoms with Gasteiger partial charge in [-0.2, -0.15) is 5.10 Å². The third-order valence-electron chi connectivity index (χ3n) is 4.28. The molecular formula is C22H16Cl2FN3O3. The molecule has 6 nitrogen and oxygen atoms in total. The molecule has 0 aliphatic rings. The van der Waals surface area contributed by atoms with Crippen LogP contribution in [0.15, 0.2) is 71.4 Å². The summed E-state index contributed by atoms with van der Waals surface area (Å²) in [7, 11) is 0. The lowest BCUT2D eigenvalue weighted by Gasteiger charge is -2.07. The van der Waals surface area contributed by atoms with Crippen LogP contribution < -0.4 is 10.1 Å². The molecule has 0 fully saturated rings. The van der Waals surface area contributed by atoms with Gasteiger partial charge in [-0.05, 0) is 48.0 Å². The second-order valence-electron chi connectivity index (χ2n) is 6.64. The van der Waals surface area contributed by atoms with Crippen LogP contribution in [0.2, 0.25) is 10.0 Å². The zero-order valence-electron chi connectivity index (χ0n) is 16.0. The molecule has 0 aliphatic heterocycles. The highest BCUT2D eigenvalue weighted by molar-refractivity contribution is 6.32. The minimum Gasteiger partial charge on any atom is -0.484 e. The van der Waals surface area contributed by atoms with E-state index < -0.39 is 11.7 Å². The normalized spacial score (nSPS) is 10.8. The van der Waals surface area contributed by atoms with Crippen LogP contribution in [0, 0.1) is 5.82 Å². The van der Waals surface area contributed by atoms with Gasteiger partial charge in [-0.25, -0.2) is 4.39 Å². The van der Waals surface area contributed by atoms with Crippen molar-refractivity contribution in [2.45, 2.75) is 13.2 Å². The molecule has 0 aliphatic carbocycles. The molecular weight excluding hydrogens is 444 g/mol. The highest BCUT2D eigenvalue weighted by Crippen LogP contribution is 2.26. The van der Waals surface area contributed by atoms with Gasteiger partial charge in [0.1, 0.15) is 23.9 Å². The largest absolute Gasteiger partial charge is 0.484 e. The second-order valence-corrected chi connectivity index (χ2v) is 7.48. The summed E-state index contributed by atoms with van der Waals surface area (Å²) in [4.78, 5) is 12.5. The van der Waals surface area contributed by atoms with Crippen molar-refractivity contribution in [1.29, 1.82) is 0 Å². The molecule has 0 saturated carbocycles.